The van der Waals surface area contributed by atoms with Gasteiger partial charge in [0.25, 0.3) is 0 Å². The van der Waals surface area contributed by atoms with Gasteiger partial charge in [0.2, 0.25) is 0 Å². The third-order valence-corrected chi connectivity index (χ3v) is 3.86. The topological polar surface area (TPSA) is 57.6 Å². The number of nitrogens with one attached hydrogen (secondary N) is 1. The molecule has 22 heavy (non-hydrogen) atoms. The number of hydrogen-bond donors (Lipinski definition) is 2. The summed E-state index contributed by atoms with van der Waals surface area (Å²) in [7, 11) is 1.62. The van der Waals surface area contributed by atoms with Gasteiger partial charge in [0, 0.05) is 17.1 Å². The van der Waals surface area contributed by atoms with E-state index in [9.17, 15) is 5.11 Å². The second kappa shape index (κ2) is 5.56. The molecule has 0 fully saturated rings. The highest BCUT2D eigenvalue weighted by Gasteiger charge is 2.09. The van der Waals surface area contributed by atoms with Gasteiger partial charge in [0.05, 0.1) is 18.4 Å². The zero-order valence-electron chi connectivity index (χ0n) is 12.8. The quantitative estimate of drug-likeness (QED) is 0.709. The maximum Gasteiger partial charge on any atom is 0.198 e. The molecule has 0 atom stereocenters. The molecule has 4 heteroatoms. The van der Waals surface area contributed by atoms with Gasteiger partial charge in [-0.3, -0.25) is 4.99 Å². The van der Waals surface area contributed by atoms with Crippen LogP contribution in [-0.2, 0) is 0 Å². The summed E-state index contributed by atoms with van der Waals surface area (Å²) in [6, 6.07) is 11.6. The van der Waals surface area contributed by atoms with Crippen LogP contribution in [0.3, 0.4) is 0 Å². The highest BCUT2D eigenvalue weighted by molar-refractivity contribution is 6.03. The molecule has 1 aromatic heterocycles. The average molecular weight is 294 g/mol. The molecule has 2 aromatic carbocycles. The normalized spacial score (nSPS) is 11.4. The van der Waals surface area contributed by atoms with Gasteiger partial charge in [0.15, 0.2) is 5.88 Å². The van der Waals surface area contributed by atoms with E-state index in [1.807, 2.05) is 36.4 Å². The van der Waals surface area contributed by atoms with Crippen molar-refractivity contribution in [2.24, 2.45) is 4.99 Å². The van der Waals surface area contributed by atoms with Crippen molar-refractivity contribution >= 4 is 22.8 Å². The fraction of sp³-hybridized carbons (Fsp3) is 0.167. The van der Waals surface area contributed by atoms with Gasteiger partial charge in [-0.2, -0.15) is 0 Å². The Bertz CT molecular complexity index is 863. The molecule has 0 spiro atoms. The summed E-state index contributed by atoms with van der Waals surface area (Å²) >= 11 is 0. The number of aryl methyl sites for hydroxylation is 2. The molecule has 0 radical (unpaired) electrons. The number of rotatable bonds is 3. The van der Waals surface area contributed by atoms with Crippen molar-refractivity contribution in [2.75, 3.05) is 7.11 Å². The first-order chi connectivity index (χ1) is 10.6. The number of ether oxygens (including phenoxy) is 1. The minimum Gasteiger partial charge on any atom is -0.497 e. The predicted octanol–water partition coefficient (Wildman–Crippen LogP) is 4.25. The number of methoxy groups -OCH3 is 1. The first kappa shape index (κ1) is 14.2. The Morgan fingerprint density at radius 1 is 1.09 bits per heavy atom. The Kier molecular flexibility index (Phi) is 3.59. The van der Waals surface area contributed by atoms with Crippen LogP contribution >= 0.6 is 0 Å². The molecule has 0 bridgehead atoms. The lowest BCUT2D eigenvalue weighted by molar-refractivity contribution is 0.415. The van der Waals surface area contributed by atoms with E-state index < -0.39 is 0 Å². The number of nitrogens with zero attached hydrogens (tertiary/aromatic N) is 1. The summed E-state index contributed by atoms with van der Waals surface area (Å²) in [5, 5.41) is 11.0. The third kappa shape index (κ3) is 2.55. The third-order valence-electron chi connectivity index (χ3n) is 3.86. The zero-order valence-corrected chi connectivity index (χ0v) is 12.8. The van der Waals surface area contributed by atoms with E-state index in [1.165, 1.54) is 11.1 Å². The van der Waals surface area contributed by atoms with Gasteiger partial charge in [-0.05, 0) is 55.3 Å². The van der Waals surface area contributed by atoms with Crippen LogP contribution in [0.5, 0.6) is 11.6 Å². The Hall–Kier alpha value is -2.75. The number of aromatic amines is 1. The molecule has 0 unspecified atom stereocenters. The van der Waals surface area contributed by atoms with Crippen LogP contribution in [-0.4, -0.2) is 23.4 Å². The summed E-state index contributed by atoms with van der Waals surface area (Å²) < 4.78 is 5.24. The van der Waals surface area contributed by atoms with Crippen molar-refractivity contribution in [3.05, 3.63) is 53.1 Å². The monoisotopic (exact) mass is 294 g/mol. The van der Waals surface area contributed by atoms with Crippen LogP contribution < -0.4 is 4.74 Å². The number of hydrogen-bond acceptors (Lipinski definition) is 3. The fourth-order valence-corrected chi connectivity index (χ4v) is 2.38. The smallest absolute Gasteiger partial charge is 0.198 e. The van der Waals surface area contributed by atoms with E-state index in [0.717, 1.165) is 22.3 Å². The van der Waals surface area contributed by atoms with Crippen LogP contribution in [0.1, 0.15) is 16.7 Å². The molecule has 0 aliphatic rings. The summed E-state index contributed by atoms with van der Waals surface area (Å²) in [4.78, 5) is 7.42. The molecule has 0 aliphatic carbocycles. The Morgan fingerprint density at radius 2 is 1.91 bits per heavy atom. The van der Waals surface area contributed by atoms with Gasteiger partial charge in [-0.1, -0.05) is 6.07 Å². The lowest BCUT2D eigenvalue weighted by Gasteiger charge is -2.01. The van der Waals surface area contributed by atoms with Crippen molar-refractivity contribution in [3.63, 3.8) is 0 Å². The number of aliphatic imine (C=N–C) groups is 1. The van der Waals surface area contributed by atoms with Gasteiger partial charge in [-0.15, -0.1) is 0 Å². The number of fused-ring (bicyclic) bond motifs is 1. The van der Waals surface area contributed by atoms with Crippen molar-refractivity contribution < 1.29 is 9.84 Å². The van der Waals surface area contributed by atoms with E-state index in [0.29, 0.717) is 5.56 Å². The number of benzene rings is 2. The van der Waals surface area contributed by atoms with Crippen molar-refractivity contribution in [1.82, 2.24) is 4.98 Å². The Balaban J connectivity index is 2.03. The molecule has 0 aliphatic heterocycles. The van der Waals surface area contributed by atoms with Crippen molar-refractivity contribution in [2.45, 2.75) is 13.8 Å². The molecular weight excluding hydrogens is 276 g/mol. The number of H-pyrrole nitrogens is 1. The standard InChI is InChI=1S/C18H18N2O2/c1-11-4-5-13(8-12(11)2)19-10-16-15-9-14(22-3)6-7-17(15)20-18(16)21/h4-10,20-21H,1-3H3. The summed E-state index contributed by atoms with van der Waals surface area (Å²) in [5.74, 6) is 0.850. The predicted molar refractivity (Wildman–Crippen MR) is 89.7 cm³/mol. The van der Waals surface area contributed by atoms with Crippen molar-refractivity contribution in [1.29, 1.82) is 0 Å². The zero-order chi connectivity index (χ0) is 15.7. The van der Waals surface area contributed by atoms with Gasteiger partial charge < -0.3 is 14.8 Å². The number of aromatic nitrogens is 1. The molecule has 3 rings (SSSR count). The maximum atomic E-state index is 10.1. The first-order valence-corrected chi connectivity index (χ1v) is 7.08. The van der Waals surface area contributed by atoms with E-state index in [4.69, 9.17) is 4.74 Å². The Morgan fingerprint density at radius 3 is 2.64 bits per heavy atom. The summed E-state index contributed by atoms with van der Waals surface area (Å²) in [6.07, 6.45) is 1.68. The van der Waals surface area contributed by atoms with Gasteiger partial charge >= 0.3 is 0 Å². The van der Waals surface area contributed by atoms with Crippen molar-refractivity contribution in [3.8, 4) is 11.6 Å². The molecule has 0 amide bonds. The summed E-state index contributed by atoms with van der Waals surface area (Å²) in [6.45, 7) is 4.13. The molecule has 112 valence electrons. The molecule has 4 nitrogen and oxygen atoms in total. The van der Waals surface area contributed by atoms with E-state index in [-0.39, 0.29) is 5.88 Å². The van der Waals surface area contributed by atoms with Crippen LogP contribution in [0.15, 0.2) is 41.4 Å². The summed E-state index contributed by atoms with van der Waals surface area (Å²) in [5.41, 5.74) is 4.80. The maximum absolute atomic E-state index is 10.1. The number of aromatic hydroxyl groups is 1. The lowest BCUT2D eigenvalue weighted by Crippen LogP contribution is -1.84. The lowest BCUT2D eigenvalue weighted by atomic mass is 10.1. The van der Waals surface area contributed by atoms with Crippen LogP contribution in [0.2, 0.25) is 0 Å². The second-order valence-corrected chi connectivity index (χ2v) is 5.33. The molecule has 1 heterocycles. The van der Waals surface area contributed by atoms with Gasteiger partial charge in [-0.25, -0.2) is 0 Å². The van der Waals surface area contributed by atoms with Crippen LogP contribution in [0, 0.1) is 13.8 Å². The Labute approximate surface area is 129 Å². The molecule has 2 N–H and O–H groups in total. The largest absolute Gasteiger partial charge is 0.497 e. The first-order valence-electron chi connectivity index (χ1n) is 7.08. The van der Waals surface area contributed by atoms with Gasteiger partial charge in [0.1, 0.15) is 5.75 Å². The highest BCUT2D eigenvalue weighted by Crippen LogP contribution is 2.29. The molecule has 3 aromatic rings. The minimum atomic E-state index is 0.107. The molecule has 0 saturated carbocycles. The van der Waals surface area contributed by atoms with E-state index >= 15 is 0 Å². The van der Waals surface area contributed by atoms with E-state index in [1.54, 1.807) is 13.3 Å². The highest BCUT2D eigenvalue weighted by atomic mass is 16.5. The second-order valence-electron chi connectivity index (χ2n) is 5.33. The molecular formula is C18H18N2O2. The minimum absolute atomic E-state index is 0.107. The van der Waals surface area contributed by atoms with E-state index in [2.05, 4.69) is 23.8 Å². The SMILES string of the molecule is COc1ccc2[nH]c(O)c(C=Nc3ccc(C)c(C)c3)c2c1. The molecule has 0 saturated heterocycles. The van der Waals surface area contributed by atoms with Crippen LogP contribution in [0.4, 0.5) is 5.69 Å². The fourth-order valence-electron chi connectivity index (χ4n) is 2.38. The van der Waals surface area contributed by atoms with Crippen LogP contribution in [0.25, 0.3) is 10.9 Å². The average Bonchev–Trinajstić information content (AvgIpc) is 2.83.